The fraction of sp³-hybridized carbons (Fsp3) is 1.00. The highest BCUT2D eigenvalue weighted by Crippen LogP contribution is 2.71. The monoisotopic (exact) mass is 172 g/mol. The zero-order chi connectivity index (χ0) is 8.11. The Morgan fingerprint density at radius 1 is 1.36 bits per heavy atom. The first-order chi connectivity index (χ1) is 5.12. The van der Waals surface area contributed by atoms with E-state index < -0.39 is 0 Å². The fourth-order valence-corrected chi connectivity index (χ4v) is 3.56. The molecule has 0 amide bonds. The van der Waals surface area contributed by atoms with Gasteiger partial charge >= 0.3 is 0 Å². The maximum atomic E-state index is 5.90. The van der Waals surface area contributed by atoms with Crippen molar-refractivity contribution in [3.63, 3.8) is 0 Å². The van der Waals surface area contributed by atoms with Gasteiger partial charge in [-0.05, 0) is 36.0 Å². The topological polar surface area (TPSA) is 0 Å². The smallest absolute Gasteiger partial charge is 0.0257 e. The van der Waals surface area contributed by atoms with Gasteiger partial charge in [-0.2, -0.15) is 0 Å². The molecule has 2 aliphatic carbocycles. The van der Waals surface area contributed by atoms with Crippen LogP contribution in [0, 0.1) is 16.7 Å². The third-order valence-electron chi connectivity index (χ3n) is 4.19. The molecule has 2 rings (SSSR count). The first-order valence-electron chi connectivity index (χ1n) is 4.68. The second kappa shape index (κ2) is 2.16. The van der Waals surface area contributed by atoms with Gasteiger partial charge < -0.3 is 0 Å². The van der Waals surface area contributed by atoms with Crippen molar-refractivity contribution in [2.24, 2.45) is 16.7 Å². The Bertz CT molecular complexity index is 174. The van der Waals surface area contributed by atoms with Crippen LogP contribution in [-0.4, -0.2) is 5.88 Å². The molecule has 2 saturated carbocycles. The molecule has 0 aromatic rings. The summed E-state index contributed by atoms with van der Waals surface area (Å²) < 4.78 is 0. The lowest BCUT2D eigenvalue weighted by molar-refractivity contribution is 0.218. The summed E-state index contributed by atoms with van der Waals surface area (Å²) in [7, 11) is 0. The number of alkyl halides is 1. The molecule has 1 spiro atoms. The van der Waals surface area contributed by atoms with Crippen LogP contribution in [0.5, 0.6) is 0 Å². The van der Waals surface area contributed by atoms with Gasteiger partial charge in [0, 0.05) is 5.88 Å². The van der Waals surface area contributed by atoms with Crippen molar-refractivity contribution in [1.82, 2.24) is 0 Å². The molecule has 2 unspecified atom stereocenters. The van der Waals surface area contributed by atoms with Crippen molar-refractivity contribution in [3.05, 3.63) is 0 Å². The van der Waals surface area contributed by atoms with Crippen molar-refractivity contribution < 1.29 is 0 Å². The van der Waals surface area contributed by atoms with Crippen LogP contribution in [0.15, 0.2) is 0 Å². The Kier molecular flexibility index (Phi) is 1.55. The van der Waals surface area contributed by atoms with E-state index in [1.165, 1.54) is 25.7 Å². The van der Waals surface area contributed by atoms with E-state index >= 15 is 0 Å². The number of halogens is 1. The van der Waals surface area contributed by atoms with E-state index in [9.17, 15) is 0 Å². The summed E-state index contributed by atoms with van der Waals surface area (Å²) >= 11 is 5.90. The summed E-state index contributed by atoms with van der Waals surface area (Å²) in [6.45, 7) is 4.85. The largest absolute Gasteiger partial charge is 0.126 e. The summed E-state index contributed by atoms with van der Waals surface area (Å²) in [5.41, 5.74) is 1.27. The van der Waals surface area contributed by atoms with E-state index in [1.54, 1.807) is 0 Å². The summed E-state index contributed by atoms with van der Waals surface area (Å²) in [6, 6.07) is 0. The number of hydrogen-bond acceptors (Lipinski definition) is 0. The van der Waals surface area contributed by atoms with E-state index in [4.69, 9.17) is 11.6 Å². The minimum Gasteiger partial charge on any atom is -0.126 e. The van der Waals surface area contributed by atoms with E-state index in [2.05, 4.69) is 13.8 Å². The highest BCUT2D eigenvalue weighted by atomic mass is 35.5. The summed E-state index contributed by atoms with van der Waals surface area (Å²) in [6.07, 6.45) is 5.70. The molecular formula is C10H17Cl. The molecule has 11 heavy (non-hydrogen) atoms. The Balaban J connectivity index is 2.15. The molecule has 2 aliphatic rings. The standard InChI is InChI=1S/C10H17Cl/c1-9(2)4-3-5-10(9)6-8(10)7-11/h8H,3-7H2,1-2H3. The molecule has 0 aromatic carbocycles. The van der Waals surface area contributed by atoms with Crippen molar-refractivity contribution >= 4 is 11.6 Å². The Labute approximate surface area is 74.3 Å². The van der Waals surface area contributed by atoms with Gasteiger partial charge in [0.15, 0.2) is 0 Å². The van der Waals surface area contributed by atoms with Crippen molar-refractivity contribution in [2.75, 3.05) is 5.88 Å². The first-order valence-corrected chi connectivity index (χ1v) is 5.22. The van der Waals surface area contributed by atoms with Gasteiger partial charge in [0.05, 0.1) is 0 Å². The molecule has 0 radical (unpaired) electrons. The molecule has 2 fully saturated rings. The molecule has 0 bridgehead atoms. The number of rotatable bonds is 1. The predicted molar refractivity (Wildman–Crippen MR) is 48.9 cm³/mol. The normalized spacial score (nSPS) is 46.6. The predicted octanol–water partition coefficient (Wildman–Crippen LogP) is 3.44. The van der Waals surface area contributed by atoms with Gasteiger partial charge in [-0.25, -0.2) is 0 Å². The summed E-state index contributed by atoms with van der Waals surface area (Å²) in [4.78, 5) is 0. The molecule has 0 N–H and O–H groups in total. The quantitative estimate of drug-likeness (QED) is 0.532. The third kappa shape index (κ3) is 0.884. The van der Waals surface area contributed by atoms with Gasteiger partial charge in [0.1, 0.15) is 0 Å². The molecule has 1 heteroatoms. The molecule has 2 atom stereocenters. The molecule has 0 aliphatic heterocycles. The lowest BCUT2D eigenvalue weighted by atomic mass is 9.77. The van der Waals surface area contributed by atoms with Crippen LogP contribution in [0.25, 0.3) is 0 Å². The van der Waals surface area contributed by atoms with Crippen LogP contribution in [0.4, 0.5) is 0 Å². The van der Waals surface area contributed by atoms with Crippen molar-refractivity contribution in [1.29, 1.82) is 0 Å². The zero-order valence-electron chi connectivity index (χ0n) is 7.49. The van der Waals surface area contributed by atoms with Crippen LogP contribution >= 0.6 is 11.6 Å². The maximum absolute atomic E-state index is 5.90. The van der Waals surface area contributed by atoms with Crippen molar-refractivity contribution in [3.8, 4) is 0 Å². The van der Waals surface area contributed by atoms with E-state index in [0.29, 0.717) is 10.8 Å². The second-order valence-electron chi connectivity index (χ2n) is 4.95. The van der Waals surface area contributed by atoms with Gasteiger partial charge in [-0.1, -0.05) is 20.3 Å². The van der Waals surface area contributed by atoms with Crippen LogP contribution in [0.1, 0.15) is 39.5 Å². The van der Waals surface area contributed by atoms with Gasteiger partial charge in [-0.15, -0.1) is 11.6 Å². The Morgan fingerprint density at radius 2 is 2.09 bits per heavy atom. The Hall–Kier alpha value is 0.290. The van der Waals surface area contributed by atoms with Gasteiger partial charge in [0.25, 0.3) is 0 Å². The number of hydrogen-bond donors (Lipinski definition) is 0. The minimum atomic E-state index is 0.590. The van der Waals surface area contributed by atoms with Crippen LogP contribution in [0.3, 0.4) is 0 Å². The van der Waals surface area contributed by atoms with E-state index in [0.717, 1.165) is 11.8 Å². The highest BCUT2D eigenvalue weighted by molar-refractivity contribution is 6.18. The van der Waals surface area contributed by atoms with E-state index in [-0.39, 0.29) is 0 Å². The molecule has 0 heterocycles. The van der Waals surface area contributed by atoms with Crippen LogP contribution in [-0.2, 0) is 0 Å². The summed E-state index contributed by atoms with van der Waals surface area (Å²) in [5, 5.41) is 0. The molecule has 0 saturated heterocycles. The highest BCUT2D eigenvalue weighted by Gasteiger charge is 2.63. The Morgan fingerprint density at radius 3 is 2.45 bits per heavy atom. The zero-order valence-corrected chi connectivity index (χ0v) is 8.25. The van der Waals surface area contributed by atoms with Crippen LogP contribution in [0.2, 0.25) is 0 Å². The molecular weight excluding hydrogens is 156 g/mol. The lowest BCUT2D eigenvalue weighted by Gasteiger charge is -2.28. The van der Waals surface area contributed by atoms with E-state index in [1.807, 2.05) is 0 Å². The molecule has 0 aromatic heterocycles. The maximum Gasteiger partial charge on any atom is 0.0257 e. The van der Waals surface area contributed by atoms with Crippen molar-refractivity contribution in [2.45, 2.75) is 39.5 Å². The lowest BCUT2D eigenvalue weighted by Crippen LogP contribution is -2.21. The minimum absolute atomic E-state index is 0.590. The SMILES string of the molecule is CC1(C)CCCC12CC2CCl. The fourth-order valence-electron chi connectivity index (χ4n) is 3.15. The average molecular weight is 173 g/mol. The second-order valence-corrected chi connectivity index (χ2v) is 5.26. The average Bonchev–Trinajstić information content (AvgIpc) is 2.56. The molecule has 0 nitrogen and oxygen atoms in total. The summed E-state index contributed by atoms with van der Waals surface area (Å²) in [5.74, 6) is 1.74. The first kappa shape index (κ1) is 7.91. The third-order valence-corrected chi connectivity index (χ3v) is 4.56. The molecule has 64 valence electrons. The van der Waals surface area contributed by atoms with Gasteiger partial charge in [0.2, 0.25) is 0 Å². The van der Waals surface area contributed by atoms with Crippen LogP contribution < -0.4 is 0 Å². The van der Waals surface area contributed by atoms with Gasteiger partial charge in [-0.3, -0.25) is 0 Å².